The fourth-order valence-corrected chi connectivity index (χ4v) is 2.67. The highest BCUT2D eigenvalue weighted by molar-refractivity contribution is 7.89. The van der Waals surface area contributed by atoms with Crippen molar-refractivity contribution < 1.29 is 17.9 Å². The number of amides is 1. The molecule has 0 aliphatic rings. The third kappa shape index (κ3) is 3.92. The molecule has 20 heavy (non-hydrogen) atoms. The first-order valence-electron chi connectivity index (χ1n) is 5.83. The van der Waals surface area contributed by atoms with Crippen LogP contribution in [0.2, 0.25) is 0 Å². The van der Waals surface area contributed by atoms with Gasteiger partial charge in [-0.25, -0.2) is 13.1 Å². The van der Waals surface area contributed by atoms with Crippen LogP contribution in [-0.2, 0) is 14.8 Å². The van der Waals surface area contributed by atoms with E-state index in [-0.39, 0.29) is 22.7 Å². The Morgan fingerprint density at radius 1 is 1.40 bits per heavy atom. The summed E-state index contributed by atoms with van der Waals surface area (Å²) in [6.45, 7) is 3.58. The molecule has 0 heterocycles. The van der Waals surface area contributed by atoms with Crippen LogP contribution in [0.5, 0.6) is 0 Å². The minimum Gasteiger partial charge on any atom is -0.398 e. The van der Waals surface area contributed by atoms with Gasteiger partial charge in [0, 0.05) is 19.2 Å². The van der Waals surface area contributed by atoms with Crippen molar-refractivity contribution in [2.45, 2.75) is 24.3 Å². The third-order valence-electron chi connectivity index (χ3n) is 2.82. The molecule has 1 aromatic carbocycles. The number of carbonyl (C=O) groups excluding carboxylic acids is 1. The zero-order valence-electron chi connectivity index (χ0n) is 11.6. The molecular formula is C12H19N3O4S. The van der Waals surface area contributed by atoms with Crippen molar-refractivity contribution in [3.05, 3.63) is 23.8 Å². The van der Waals surface area contributed by atoms with E-state index in [1.807, 2.05) is 0 Å². The molecular weight excluding hydrogens is 282 g/mol. The number of primary amides is 1. The SMILES string of the molecule is COC(C)(C)CNS(=O)(=O)c1ccc(C(N)=O)cc1N. The van der Waals surface area contributed by atoms with Crippen LogP contribution in [0.4, 0.5) is 5.69 Å². The minimum absolute atomic E-state index is 0.0379. The Morgan fingerprint density at radius 2 is 2.00 bits per heavy atom. The van der Waals surface area contributed by atoms with Crippen molar-refractivity contribution in [1.82, 2.24) is 4.72 Å². The zero-order chi connectivity index (χ0) is 15.6. The van der Waals surface area contributed by atoms with Crippen molar-refractivity contribution in [2.75, 3.05) is 19.4 Å². The van der Waals surface area contributed by atoms with Gasteiger partial charge in [0.2, 0.25) is 15.9 Å². The Hall–Kier alpha value is -1.64. The van der Waals surface area contributed by atoms with Gasteiger partial charge in [0.1, 0.15) is 4.90 Å². The predicted molar refractivity (Wildman–Crippen MR) is 75.6 cm³/mol. The molecule has 0 spiro atoms. The largest absolute Gasteiger partial charge is 0.398 e. The standard InChI is InChI=1S/C12H19N3O4S/c1-12(2,19-3)7-15-20(17,18)10-5-4-8(11(14)16)6-9(10)13/h4-6,15H,7,13H2,1-3H3,(H2,14,16). The Morgan fingerprint density at radius 3 is 2.45 bits per heavy atom. The second kappa shape index (κ2) is 5.78. The smallest absolute Gasteiger partial charge is 0.248 e. The summed E-state index contributed by atoms with van der Waals surface area (Å²) in [6, 6.07) is 3.80. The molecule has 5 N–H and O–H groups in total. The number of ether oxygens (including phenoxy) is 1. The van der Waals surface area contributed by atoms with Crippen LogP contribution in [0.15, 0.2) is 23.1 Å². The Kier molecular flexibility index (Phi) is 4.74. The van der Waals surface area contributed by atoms with Crippen LogP contribution in [0, 0.1) is 0 Å². The number of nitrogens with one attached hydrogen (secondary N) is 1. The maximum atomic E-state index is 12.1. The van der Waals surface area contributed by atoms with Crippen LogP contribution in [0.3, 0.4) is 0 Å². The van der Waals surface area contributed by atoms with E-state index in [0.29, 0.717) is 0 Å². The number of anilines is 1. The molecule has 0 fully saturated rings. The van der Waals surface area contributed by atoms with Crippen LogP contribution in [0.1, 0.15) is 24.2 Å². The van der Waals surface area contributed by atoms with Gasteiger partial charge in [0.15, 0.2) is 0 Å². The highest BCUT2D eigenvalue weighted by Gasteiger charge is 2.23. The molecule has 1 aromatic rings. The molecule has 7 nitrogen and oxygen atoms in total. The summed E-state index contributed by atoms with van der Waals surface area (Å²) in [7, 11) is -2.29. The van der Waals surface area contributed by atoms with Crippen LogP contribution in [-0.4, -0.2) is 33.6 Å². The van der Waals surface area contributed by atoms with Gasteiger partial charge >= 0.3 is 0 Å². The van der Waals surface area contributed by atoms with Gasteiger partial charge in [0.05, 0.1) is 11.3 Å². The van der Waals surface area contributed by atoms with Crippen molar-refractivity contribution in [3.8, 4) is 0 Å². The van der Waals surface area contributed by atoms with Crippen LogP contribution in [0.25, 0.3) is 0 Å². The van der Waals surface area contributed by atoms with Crippen LogP contribution >= 0.6 is 0 Å². The van der Waals surface area contributed by atoms with Gasteiger partial charge in [-0.1, -0.05) is 0 Å². The number of sulfonamides is 1. The Bertz CT molecular complexity index is 611. The van der Waals surface area contributed by atoms with E-state index >= 15 is 0 Å². The normalized spacial score (nSPS) is 12.3. The highest BCUT2D eigenvalue weighted by Crippen LogP contribution is 2.20. The monoisotopic (exact) mass is 301 g/mol. The average molecular weight is 301 g/mol. The lowest BCUT2D eigenvalue weighted by molar-refractivity contribution is 0.0276. The fourth-order valence-electron chi connectivity index (χ4n) is 1.37. The third-order valence-corrected chi connectivity index (χ3v) is 4.30. The summed E-state index contributed by atoms with van der Waals surface area (Å²) in [5, 5.41) is 0. The van der Waals surface area contributed by atoms with Gasteiger partial charge < -0.3 is 16.2 Å². The number of hydrogen-bond donors (Lipinski definition) is 3. The summed E-state index contributed by atoms with van der Waals surface area (Å²) >= 11 is 0. The number of hydrogen-bond acceptors (Lipinski definition) is 5. The fraction of sp³-hybridized carbons (Fsp3) is 0.417. The van der Waals surface area contributed by atoms with Gasteiger partial charge in [-0.2, -0.15) is 0 Å². The number of methoxy groups -OCH3 is 1. The summed E-state index contributed by atoms with van der Waals surface area (Å²) in [5.74, 6) is -0.672. The molecule has 1 amide bonds. The van der Waals surface area contributed by atoms with Crippen molar-refractivity contribution in [1.29, 1.82) is 0 Å². The van der Waals surface area contributed by atoms with Crippen LogP contribution < -0.4 is 16.2 Å². The molecule has 0 bridgehead atoms. The molecule has 112 valence electrons. The Balaban J connectivity index is 3.02. The zero-order valence-corrected chi connectivity index (χ0v) is 12.5. The Labute approximate surface area is 118 Å². The topological polar surface area (TPSA) is 125 Å². The maximum Gasteiger partial charge on any atom is 0.248 e. The van der Waals surface area contributed by atoms with Gasteiger partial charge in [-0.15, -0.1) is 0 Å². The first kappa shape index (κ1) is 16.4. The lowest BCUT2D eigenvalue weighted by atomic mass is 10.1. The first-order valence-corrected chi connectivity index (χ1v) is 7.31. The molecule has 1 rings (SSSR count). The molecule has 8 heteroatoms. The number of nitrogen functional groups attached to an aromatic ring is 1. The van der Waals surface area contributed by atoms with Crippen molar-refractivity contribution in [2.24, 2.45) is 5.73 Å². The summed E-state index contributed by atoms with van der Waals surface area (Å²) in [5.41, 5.74) is 10.2. The van der Waals surface area contributed by atoms with Crippen molar-refractivity contribution >= 4 is 21.6 Å². The highest BCUT2D eigenvalue weighted by atomic mass is 32.2. The molecule has 0 saturated carbocycles. The molecule has 0 atom stereocenters. The lowest BCUT2D eigenvalue weighted by Crippen LogP contribution is -2.39. The maximum absolute atomic E-state index is 12.1. The predicted octanol–water partition coefficient (Wildman–Crippen LogP) is 0.0710. The molecule has 0 radical (unpaired) electrons. The molecule has 0 unspecified atom stereocenters. The van der Waals surface area contributed by atoms with Crippen molar-refractivity contribution in [3.63, 3.8) is 0 Å². The molecule has 0 aliphatic heterocycles. The second-order valence-electron chi connectivity index (χ2n) is 4.91. The summed E-state index contributed by atoms with van der Waals surface area (Å²) in [6.07, 6.45) is 0. The van der Waals surface area contributed by atoms with Gasteiger partial charge in [0.25, 0.3) is 0 Å². The quantitative estimate of drug-likeness (QED) is 0.641. The van der Waals surface area contributed by atoms with E-state index in [4.69, 9.17) is 16.2 Å². The van der Waals surface area contributed by atoms with E-state index < -0.39 is 21.5 Å². The molecule has 0 aliphatic carbocycles. The van der Waals surface area contributed by atoms with E-state index in [9.17, 15) is 13.2 Å². The number of benzene rings is 1. The minimum atomic E-state index is -3.78. The van der Waals surface area contributed by atoms with E-state index in [0.717, 1.165) is 0 Å². The summed E-state index contributed by atoms with van der Waals surface area (Å²) < 4.78 is 31.8. The van der Waals surface area contributed by atoms with E-state index in [1.54, 1.807) is 13.8 Å². The second-order valence-corrected chi connectivity index (χ2v) is 6.64. The number of nitrogens with two attached hydrogens (primary N) is 2. The lowest BCUT2D eigenvalue weighted by Gasteiger charge is -2.23. The average Bonchev–Trinajstić information content (AvgIpc) is 2.36. The number of rotatable bonds is 6. The summed E-state index contributed by atoms with van der Waals surface area (Å²) in [4.78, 5) is 10.9. The first-order chi connectivity index (χ1) is 9.09. The molecule has 0 saturated heterocycles. The number of carbonyl (C=O) groups is 1. The van der Waals surface area contributed by atoms with E-state index in [2.05, 4.69) is 4.72 Å². The van der Waals surface area contributed by atoms with Gasteiger partial charge in [-0.3, -0.25) is 4.79 Å². The van der Waals surface area contributed by atoms with Gasteiger partial charge in [-0.05, 0) is 32.0 Å². The van der Waals surface area contributed by atoms with E-state index in [1.165, 1.54) is 25.3 Å². The molecule has 0 aromatic heterocycles.